The molecule has 0 atom stereocenters. The minimum atomic E-state index is 0.791. The van der Waals surface area contributed by atoms with Gasteiger partial charge in [-0.15, -0.1) is 0 Å². The molecule has 0 heterocycles. The molecule has 3 rings (SSSR count). The summed E-state index contributed by atoms with van der Waals surface area (Å²) in [5.41, 5.74) is 8.41. The summed E-state index contributed by atoms with van der Waals surface area (Å²) >= 11 is 0. The zero-order chi connectivity index (χ0) is 16.9. The third kappa shape index (κ3) is 3.51. The molecule has 0 N–H and O–H groups in total. The summed E-state index contributed by atoms with van der Waals surface area (Å²) in [6.45, 7) is 4.34. The summed E-state index contributed by atoms with van der Waals surface area (Å²) in [6.07, 6.45) is 0.970. The summed E-state index contributed by atoms with van der Waals surface area (Å²) < 4.78 is 0. The van der Waals surface area contributed by atoms with Crippen LogP contribution in [-0.4, -0.2) is 7.85 Å². The Morgan fingerprint density at radius 3 is 1.79 bits per heavy atom. The SMILES string of the molecule is [B]c1ccc(/C(=C(\CC)c2ccccc2)c2ccc(C)cc2)cc1. The lowest BCUT2D eigenvalue weighted by Crippen LogP contribution is -2.02. The second kappa shape index (κ2) is 7.36. The summed E-state index contributed by atoms with van der Waals surface area (Å²) in [6, 6.07) is 27.6. The Morgan fingerprint density at radius 1 is 0.708 bits per heavy atom. The van der Waals surface area contributed by atoms with E-state index in [2.05, 4.69) is 80.6 Å². The fraction of sp³-hybridized carbons (Fsp3) is 0.130. The van der Waals surface area contributed by atoms with Crippen molar-refractivity contribution in [2.75, 3.05) is 0 Å². The molecule has 2 radical (unpaired) electrons. The number of rotatable bonds is 4. The molecule has 0 unspecified atom stereocenters. The van der Waals surface area contributed by atoms with Crippen molar-refractivity contribution in [3.05, 3.63) is 101 Å². The lowest BCUT2D eigenvalue weighted by Gasteiger charge is -2.17. The molecule has 0 aromatic heterocycles. The van der Waals surface area contributed by atoms with E-state index in [-0.39, 0.29) is 0 Å². The highest BCUT2D eigenvalue weighted by Gasteiger charge is 2.12. The first kappa shape index (κ1) is 16.3. The van der Waals surface area contributed by atoms with Gasteiger partial charge in [0.05, 0.1) is 0 Å². The third-order valence-corrected chi connectivity index (χ3v) is 4.32. The molecular formula is C23H21B. The van der Waals surface area contributed by atoms with Crippen LogP contribution in [0.15, 0.2) is 78.9 Å². The van der Waals surface area contributed by atoms with Crippen LogP contribution < -0.4 is 5.46 Å². The number of benzene rings is 3. The predicted octanol–water partition coefficient (Wildman–Crippen LogP) is 5.16. The van der Waals surface area contributed by atoms with Gasteiger partial charge in [-0.05, 0) is 41.2 Å². The molecule has 0 aliphatic carbocycles. The second-order valence-corrected chi connectivity index (χ2v) is 6.06. The zero-order valence-electron chi connectivity index (χ0n) is 14.3. The monoisotopic (exact) mass is 308 g/mol. The molecule has 3 aromatic rings. The Labute approximate surface area is 146 Å². The van der Waals surface area contributed by atoms with Crippen LogP contribution in [0.1, 0.15) is 35.6 Å². The maximum Gasteiger partial charge on any atom is 0.113 e. The van der Waals surface area contributed by atoms with Crippen molar-refractivity contribution in [1.29, 1.82) is 0 Å². The van der Waals surface area contributed by atoms with Gasteiger partial charge < -0.3 is 0 Å². The molecule has 0 saturated carbocycles. The Kier molecular flexibility index (Phi) is 5.00. The molecule has 0 amide bonds. The fourth-order valence-electron chi connectivity index (χ4n) is 3.05. The van der Waals surface area contributed by atoms with Crippen molar-refractivity contribution in [2.45, 2.75) is 20.3 Å². The van der Waals surface area contributed by atoms with Crippen molar-refractivity contribution in [2.24, 2.45) is 0 Å². The molecule has 116 valence electrons. The van der Waals surface area contributed by atoms with Gasteiger partial charge in [-0.3, -0.25) is 0 Å². The van der Waals surface area contributed by atoms with Crippen LogP contribution >= 0.6 is 0 Å². The molecule has 24 heavy (non-hydrogen) atoms. The van der Waals surface area contributed by atoms with E-state index in [1.807, 2.05) is 12.1 Å². The maximum absolute atomic E-state index is 5.89. The molecule has 0 spiro atoms. The minimum absolute atomic E-state index is 0.791. The molecule has 1 heteroatoms. The number of allylic oxidation sites excluding steroid dienone is 1. The van der Waals surface area contributed by atoms with Crippen LogP contribution in [0.5, 0.6) is 0 Å². The van der Waals surface area contributed by atoms with Crippen molar-refractivity contribution < 1.29 is 0 Å². The topological polar surface area (TPSA) is 0 Å². The van der Waals surface area contributed by atoms with E-state index in [0.29, 0.717) is 0 Å². The first-order valence-electron chi connectivity index (χ1n) is 8.40. The lowest BCUT2D eigenvalue weighted by molar-refractivity contribution is 1.24. The Bertz CT molecular complexity index is 778. The molecule has 0 nitrogen and oxygen atoms in total. The molecule has 0 bridgehead atoms. The fourth-order valence-corrected chi connectivity index (χ4v) is 3.05. The average Bonchev–Trinajstić information content (AvgIpc) is 2.62. The molecule has 0 fully saturated rings. The summed E-state index contributed by atoms with van der Waals surface area (Å²) in [4.78, 5) is 0. The highest BCUT2D eigenvalue weighted by atomic mass is 14.2. The van der Waals surface area contributed by atoms with E-state index in [0.717, 1.165) is 11.9 Å². The first-order valence-corrected chi connectivity index (χ1v) is 8.40. The van der Waals surface area contributed by atoms with Gasteiger partial charge in [0.1, 0.15) is 7.85 Å². The summed E-state index contributed by atoms with van der Waals surface area (Å²) in [7, 11) is 5.89. The molecule has 0 aliphatic rings. The first-order chi connectivity index (χ1) is 11.7. The highest BCUT2D eigenvalue weighted by molar-refractivity contribution is 6.32. The summed E-state index contributed by atoms with van der Waals surface area (Å²) in [5.74, 6) is 0. The van der Waals surface area contributed by atoms with Gasteiger partial charge in [0.25, 0.3) is 0 Å². The Balaban J connectivity index is 2.26. The van der Waals surface area contributed by atoms with Gasteiger partial charge in [0.15, 0.2) is 0 Å². The molecule has 0 saturated heterocycles. The maximum atomic E-state index is 5.89. The summed E-state index contributed by atoms with van der Waals surface area (Å²) in [5, 5.41) is 0. The predicted molar refractivity (Wildman–Crippen MR) is 106 cm³/mol. The standard InChI is InChI=1S/C23H21B/c1-3-22(18-7-5-4-6-8-18)23(19-11-9-17(2)10-12-19)20-13-15-21(24)16-14-20/h4-16H,3H2,1-2H3/b23-22+. The third-order valence-electron chi connectivity index (χ3n) is 4.32. The van der Waals surface area contributed by atoms with Crippen molar-refractivity contribution >= 4 is 24.5 Å². The van der Waals surface area contributed by atoms with Crippen LogP contribution in [0.2, 0.25) is 0 Å². The van der Waals surface area contributed by atoms with Gasteiger partial charge in [-0.2, -0.15) is 0 Å². The quantitative estimate of drug-likeness (QED) is 0.461. The van der Waals surface area contributed by atoms with Gasteiger partial charge in [-0.1, -0.05) is 96.8 Å². The van der Waals surface area contributed by atoms with Gasteiger partial charge >= 0.3 is 0 Å². The van der Waals surface area contributed by atoms with Gasteiger partial charge in [0.2, 0.25) is 0 Å². The van der Waals surface area contributed by atoms with Crippen LogP contribution in [-0.2, 0) is 0 Å². The Morgan fingerprint density at radius 2 is 1.25 bits per heavy atom. The van der Waals surface area contributed by atoms with E-state index >= 15 is 0 Å². The number of hydrogen-bond donors (Lipinski definition) is 0. The largest absolute Gasteiger partial charge is 0.113 e. The molecule has 3 aromatic carbocycles. The van der Waals surface area contributed by atoms with E-state index in [9.17, 15) is 0 Å². The van der Waals surface area contributed by atoms with Crippen LogP contribution in [0.4, 0.5) is 0 Å². The number of aryl methyl sites for hydroxylation is 1. The van der Waals surface area contributed by atoms with Crippen LogP contribution in [0.25, 0.3) is 11.1 Å². The normalized spacial score (nSPS) is 11.9. The highest BCUT2D eigenvalue weighted by Crippen LogP contribution is 2.34. The minimum Gasteiger partial charge on any atom is -0.0966 e. The molecule has 0 aliphatic heterocycles. The van der Waals surface area contributed by atoms with Gasteiger partial charge in [-0.25, -0.2) is 0 Å². The molecular weight excluding hydrogens is 287 g/mol. The van der Waals surface area contributed by atoms with E-state index in [1.165, 1.54) is 33.4 Å². The second-order valence-electron chi connectivity index (χ2n) is 6.06. The van der Waals surface area contributed by atoms with Crippen molar-refractivity contribution in [3.63, 3.8) is 0 Å². The number of hydrogen-bond acceptors (Lipinski definition) is 0. The van der Waals surface area contributed by atoms with Crippen LogP contribution in [0, 0.1) is 6.92 Å². The van der Waals surface area contributed by atoms with E-state index < -0.39 is 0 Å². The smallest absolute Gasteiger partial charge is 0.0966 e. The van der Waals surface area contributed by atoms with Gasteiger partial charge in [0, 0.05) is 0 Å². The van der Waals surface area contributed by atoms with Crippen molar-refractivity contribution in [3.8, 4) is 0 Å². The van der Waals surface area contributed by atoms with E-state index in [4.69, 9.17) is 7.85 Å². The zero-order valence-corrected chi connectivity index (χ0v) is 14.3. The lowest BCUT2D eigenvalue weighted by atomic mass is 9.86. The Hall–Kier alpha value is -2.54. The van der Waals surface area contributed by atoms with E-state index in [1.54, 1.807) is 0 Å². The van der Waals surface area contributed by atoms with Crippen molar-refractivity contribution in [1.82, 2.24) is 0 Å². The average molecular weight is 308 g/mol. The van der Waals surface area contributed by atoms with Crippen LogP contribution in [0.3, 0.4) is 0 Å².